The lowest BCUT2D eigenvalue weighted by Gasteiger charge is -2.15. The van der Waals surface area contributed by atoms with Crippen molar-refractivity contribution >= 4 is 50.4 Å². The van der Waals surface area contributed by atoms with Gasteiger partial charge in [0, 0.05) is 17.2 Å². The number of ketones is 1. The van der Waals surface area contributed by atoms with Gasteiger partial charge in [-0.15, -0.1) is 11.3 Å². The normalized spacial score (nSPS) is 11.0. The number of ether oxygens (including phenoxy) is 1. The van der Waals surface area contributed by atoms with Crippen LogP contribution in [0.1, 0.15) is 26.4 Å². The molecule has 9 heteroatoms. The molecular weight excluding hydrogens is 423 g/mol. The van der Waals surface area contributed by atoms with Crippen molar-refractivity contribution in [3.05, 3.63) is 60.2 Å². The summed E-state index contributed by atoms with van der Waals surface area (Å²) in [6.45, 7) is 1.55. The van der Waals surface area contributed by atoms with E-state index in [1.54, 1.807) is 18.2 Å². The first-order chi connectivity index (χ1) is 13.3. The molecule has 0 bridgehead atoms. The quantitative estimate of drug-likeness (QED) is 0.606. The third-order valence-electron chi connectivity index (χ3n) is 4.36. The van der Waals surface area contributed by atoms with E-state index in [9.17, 15) is 20.0 Å². The van der Waals surface area contributed by atoms with Crippen LogP contribution in [-0.2, 0) is 11.3 Å². The predicted octanol–water partition coefficient (Wildman–Crippen LogP) is 4.13. The molecule has 1 N–H and O–H groups in total. The number of halogens is 2. The van der Waals surface area contributed by atoms with E-state index in [4.69, 9.17) is 27.9 Å². The van der Waals surface area contributed by atoms with Crippen LogP contribution in [0.25, 0.3) is 10.1 Å². The molecule has 0 unspecified atom stereocenters. The summed E-state index contributed by atoms with van der Waals surface area (Å²) in [5.41, 5.74) is -0.941. The van der Waals surface area contributed by atoms with E-state index < -0.39 is 17.2 Å². The fourth-order valence-corrected chi connectivity index (χ4v) is 4.84. The number of aromatic nitrogens is 1. The molecule has 144 valence electrons. The van der Waals surface area contributed by atoms with Crippen LogP contribution in [0.5, 0.6) is 5.88 Å². The molecule has 1 aromatic carbocycles. The Morgan fingerprint density at radius 2 is 2.11 bits per heavy atom. The zero-order valence-corrected chi connectivity index (χ0v) is 17.2. The van der Waals surface area contributed by atoms with E-state index in [1.165, 1.54) is 14.0 Å². The molecule has 0 saturated carbocycles. The van der Waals surface area contributed by atoms with Crippen molar-refractivity contribution in [2.45, 2.75) is 13.5 Å². The van der Waals surface area contributed by atoms with E-state index in [0.717, 1.165) is 15.9 Å². The van der Waals surface area contributed by atoms with Gasteiger partial charge in [0.05, 0.1) is 33.6 Å². The van der Waals surface area contributed by atoms with Crippen LogP contribution in [0.15, 0.2) is 23.0 Å². The molecule has 0 amide bonds. The van der Waals surface area contributed by atoms with Crippen molar-refractivity contribution in [2.75, 3.05) is 13.7 Å². The number of aromatic hydroxyl groups is 1. The second kappa shape index (κ2) is 7.94. The minimum atomic E-state index is -0.684. The van der Waals surface area contributed by atoms with Gasteiger partial charge in [0.25, 0.3) is 5.56 Å². The summed E-state index contributed by atoms with van der Waals surface area (Å²) in [6.07, 6.45) is 0. The molecule has 0 fully saturated rings. The van der Waals surface area contributed by atoms with Gasteiger partial charge in [0.15, 0.2) is 0 Å². The lowest BCUT2D eigenvalue weighted by Crippen LogP contribution is -2.28. The number of nitrogens with zero attached hydrogens (tertiary/aromatic N) is 2. The molecule has 0 radical (unpaired) electrons. The van der Waals surface area contributed by atoms with Crippen LogP contribution in [-0.4, -0.2) is 29.2 Å². The molecule has 0 atom stereocenters. The lowest BCUT2D eigenvalue weighted by molar-refractivity contribution is 0.103. The second-order valence-corrected chi connectivity index (χ2v) is 7.78. The zero-order valence-electron chi connectivity index (χ0n) is 14.9. The Bertz CT molecular complexity index is 1210. The smallest absolute Gasteiger partial charge is 0.271 e. The molecule has 0 saturated heterocycles. The highest BCUT2D eigenvalue weighted by atomic mass is 35.5. The maximum Gasteiger partial charge on any atom is 0.271 e. The SMILES string of the molecule is COCCn1c(O)c(C(=O)c2sc3cccc(Cl)c3c2Cl)c(C)c(C#N)c1=O. The number of hydrogen-bond acceptors (Lipinski definition) is 6. The lowest BCUT2D eigenvalue weighted by atomic mass is 10.0. The Morgan fingerprint density at radius 1 is 1.39 bits per heavy atom. The Labute approximate surface area is 174 Å². The Balaban J connectivity index is 2.28. The van der Waals surface area contributed by atoms with Crippen LogP contribution in [0.3, 0.4) is 0 Å². The molecular formula is C19H14Cl2N2O4S. The predicted molar refractivity (Wildman–Crippen MR) is 109 cm³/mol. The topological polar surface area (TPSA) is 92.3 Å². The van der Waals surface area contributed by atoms with Crippen LogP contribution in [0.4, 0.5) is 0 Å². The average molecular weight is 437 g/mol. The standard InChI is InChI=1S/C19H14Cl2N2O4S/c1-9-10(8-22)18(25)23(6-7-27-2)19(26)13(9)16(24)17-15(21)14-11(20)4-3-5-12(14)28-17/h3-5,26H,6-7H2,1-2H3. The first kappa shape index (κ1) is 20.4. The van der Waals surface area contributed by atoms with Crippen molar-refractivity contribution in [1.29, 1.82) is 5.26 Å². The first-order valence-electron chi connectivity index (χ1n) is 8.10. The summed E-state index contributed by atoms with van der Waals surface area (Å²) in [5.74, 6) is -1.11. The van der Waals surface area contributed by atoms with Crippen LogP contribution in [0, 0.1) is 18.3 Å². The number of methoxy groups -OCH3 is 1. The molecule has 0 aliphatic carbocycles. The highest BCUT2D eigenvalue weighted by Gasteiger charge is 2.28. The molecule has 2 aromatic heterocycles. The van der Waals surface area contributed by atoms with Crippen LogP contribution >= 0.6 is 34.5 Å². The minimum absolute atomic E-state index is 0.0115. The van der Waals surface area contributed by atoms with Gasteiger partial charge in [-0.05, 0) is 24.6 Å². The monoisotopic (exact) mass is 436 g/mol. The summed E-state index contributed by atoms with van der Waals surface area (Å²) >= 11 is 13.7. The van der Waals surface area contributed by atoms with Gasteiger partial charge in [0.2, 0.25) is 11.7 Å². The maximum absolute atomic E-state index is 13.3. The number of carbonyl (C=O) groups excluding carboxylic acids is 1. The van der Waals surface area contributed by atoms with Gasteiger partial charge < -0.3 is 9.84 Å². The summed E-state index contributed by atoms with van der Waals surface area (Å²) in [4.78, 5) is 25.9. The van der Waals surface area contributed by atoms with Gasteiger partial charge in [0.1, 0.15) is 11.6 Å². The van der Waals surface area contributed by atoms with Gasteiger partial charge >= 0.3 is 0 Å². The van der Waals surface area contributed by atoms with Gasteiger partial charge in [-0.2, -0.15) is 5.26 Å². The van der Waals surface area contributed by atoms with Crippen molar-refractivity contribution in [3.63, 3.8) is 0 Å². The van der Waals surface area contributed by atoms with Gasteiger partial charge in [-0.25, -0.2) is 0 Å². The average Bonchev–Trinajstić information content (AvgIpc) is 3.00. The number of pyridine rings is 1. The molecule has 0 spiro atoms. The van der Waals surface area contributed by atoms with Crippen LogP contribution < -0.4 is 5.56 Å². The number of fused-ring (bicyclic) bond motifs is 1. The van der Waals surface area contributed by atoms with Crippen molar-refractivity contribution in [1.82, 2.24) is 4.57 Å². The van der Waals surface area contributed by atoms with E-state index in [0.29, 0.717) is 15.1 Å². The maximum atomic E-state index is 13.3. The van der Waals surface area contributed by atoms with Crippen molar-refractivity contribution in [3.8, 4) is 11.9 Å². The summed E-state index contributed by atoms with van der Waals surface area (Å²) in [7, 11) is 1.44. The fraction of sp³-hybridized carbons (Fsp3) is 0.211. The molecule has 0 aliphatic rings. The molecule has 3 aromatic rings. The molecule has 0 aliphatic heterocycles. The third-order valence-corrected chi connectivity index (χ3v) is 6.32. The summed E-state index contributed by atoms with van der Waals surface area (Å²) in [5, 5.41) is 21.2. The zero-order chi connectivity index (χ0) is 20.6. The Hall–Kier alpha value is -2.37. The minimum Gasteiger partial charge on any atom is -0.494 e. The summed E-state index contributed by atoms with van der Waals surface area (Å²) < 4.78 is 6.61. The van der Waals surface area contributed by atoms with Crippen molar-refractivity contribution < 1.29 is 14.6 Å². The number of nitriles is 1. The molecule has 6 nitrogen and oxygen atoms in total. The number of hydrogen-bond donors (Lipinski definition) is 1. The fourth-order valence-electron chi connectivity index (χ4n) is 2.94. The van der Waals surface area contributed by atoms with Gasteiger partial charge in [-0.1, -0.05) is 29.3 Å². The van der Waals surface area contributed by atoms with E-state index >= 15 is 0 Å². The third kappa shape index (κ3) is 3.19. The molecule has 3 rings (SSSR count). The van der Waals surface area contributed by atoms with E-state index in [-0.39, 0.29) is 39.7 Å². The summed E-state index contributed by atoms with van der Waals surface area (Å²) in [6, 6.07) is 7.00. The number of rotatable bonds is 5. The number of carbonyl (C=O) groups is 1. The number of benzene rings is 1. The van der Waals surface area contributed by atoms with Gasteiger partial charge in [-0.3, -0.25) is 14.2 Å². The second-order valence-electron chi connectivity index (χ2n) is 5.95. The van der Waals surface area contributed by atoms with E-state index in [2.05, 4.69) is 0 Å². The first-order valence-corrected chi connectivity index (χ1v) is 9.67. The molecule has 2 heterocycles. The van der Waals surface area contributed by atoms with Crippen LogP contribution in [0.2, 0.25) is 10.0 Å². The largest absolute Gasteiger partial charge is 0.494 e. The highest BCUT2D eigenvalue weighted by molar-refractivity contribution is 7.22. The molecule has 28 heavy (non-hydrogen) atoms. The Morgan fingerprint density at radius 3 is 2.71 bits per heavy atom. The van der Waals surface area contributed by atoms with Crippen molar-refractivity contribution in [2.24, 2.45) is 0 Å². The Kier molecular flexibility index (Phi) is 5.77. The number of thiophene rings is 1. The highest BCUT2D eigenvalue weighted by Crippen LogP contribution is 2.41. The van der Waals surface area contributed by atoms with E-state index in [1.807, 2.05) is 6.07 Å².